The molecule has 0 unspecified atom stereocenters. The molecule has 0 amide bonds. The van der Waals surface area contributed by atoms with Crippen LogP contribution in [-0.4, -0.2) is 12.5 Å². The summed E-state index contributed by atoms with van der Waals surface area (Å²) in [5.74, 6) is 0. The Morgan fingerprint density at radius 2 is 2.15 bits per heavy atom. The van der Waals surface area contributed by atoms with Crippen LogP contribution in [0.5, 0.6) is 0 Å². The zero-order valence-corrected chi connectivity index (χ0v) is 10.0. The van der Waals surface area contributed by atoms with Crippen molar-refractivity contribution in [3.63, 3.8) is 0 Å². The Morgan fingerprint density at radius 3 is 2.69 bits per heavy atom. The second-order valence-electron chi connectivity index (χ2n) is 3.07. The van der Waals surface area contributed by atoms with E-state index < -0.39 is 9.82 Å². The second-order valence-corrected chi connectivity index (χ2v) is 7.50. The molecule has 2 nitrogen and oxygen atoms in total. The normalized spacial score (nSPS) is 11.8. The number of nitriles is 1. The Balaban J connectivity index is 3.25. The van der Waals surface area contributed by atoms with E-state index in [0.717, 1.165) is 9.37 Å². The molecule has 0 atom stereocenters. The van der Waals surface area contributed by atoms with Gasteiger partial charge in [-0.1, -0.05) is 22.0 Å². The van der Waals surface area contributed by atoms with E-state index in [2.05, 4.69) is 20.3 Å². The number of halogens is 1. The van der Waals surface area contributed by atoms with Crippen LogP contribution in [0.4, 0.5) is 0 Å². The van der Waals surface area contributed by atoms with E-state index in [9.17, 15) is 0 Å². The molecule has 0 bridgehead atoms. The topological polar surface area (TPSA) is 36.1 Å². The molecular formula is C9H11BrN2S. The van der Waals surface area contributed by atoms with E-state index in [4.69, 9.17) is 5.26 Å². The Bertz CT molecular complexity index is 400. The van der Waals surface area contributed by atoms with E-state index in [0.29, 0.717) is 0 Å². The fourth-order valence-corrected chi connectivity index (χ4v) is 2.81. The van der Waals surface area contributed by atoms with Gasteiger partial charge in [-0.15, -0.1) is 0 Å². The molecule has 0 aliphatic carbocycles. The van der Waals surface area contributed by atoms with Crippen molar-refractivity contribution in [2.45, 2.75) is 4.90 Å². The molecule has 1 aromatic carbocycles. The molecule has 0 aromatic heterocycles. The van der Waals surface area contributed by atoms with Gasteiger partial charge in [-0.05, 0) is 35.6 Å². The lowest BCUT2D eigenvalue weighted by Gasteiger charge is -2.17. The predicted molar refractivity (Wildman–Crippen MR) is 61.1 cm³/mol. The van der Waals surface area contributed by atoms with Crippen molar-refractivity contribution in [1.29, 1.82) is 5.26 Å². The van der Waals surface area contributed by atoms with Crippen molar-refractivity contribution in [2.24, 2.45) is 4.36 Å². The minimum absolute atomic E-state index is 1.03. The van der Waals surface area contributed by atoms with Crippen LogP contribution in [0.15, 0.2) is 38.0 Å². The van der Waals surface area contributed by atoms with Gasteiger partial charge in [0.1, 0.15) is 0 Å². The van der Waals surface area contributed by atoms with Gasteiger partial charge >= 0.3 is 0 Å². The molecule has 0 spiro atoms. The van der Waals surface area contributed by atoms with Gasteiger partial charge in [0.15, 0.2) is 0 Å². The molecule has 1 aromatic rings. The van der Waals surface area contributed by atoms with Crippen molar-refractivity contribution in [1.82, 2.24) is 0 Å². The van der Waals surface area contributed by atoms with Gasteiger partial charge in [0, 0.05) is 4.47 Å². The fraction of sp³-hybridized carbons (Fsp3) is 0.222. The number of rotatable bonds is 1. The summed E-state index contributed by atoms with van der Waals surface area (Å²) in [5.41, 5.74) is 0. The van der Waals surface area contributed by atoms with Crippen molar-refractivity contribution in [2.75, 3.05) is 12.5 Å². The van der Waals surface area contributed by atoms with Crippen LogP contribution in [0.2, 0.25) is 0 Å². The van der Waals surface area contributed by atoms with Crippen LogP contribution in [-0.2, 0) is 9.82 Å². The number of nitrogens with zero attached hydrogens (tertiary/aromatic N) is 2. The van der Waals surface area contributed by atoms with Crippen LogP contribution < -0.4 is 0 Å². The minimum atomic E-state index is -1.59. The lowest BCUT2D eigenvalue weighted by molar-refractivity contribution is 1.39. The SMILES string of the molecule is C[SH](C)(=NC#N)c1cccc(Br)c1. The first-order valence-electron chi connectivity index (χ1n) is 3.78. The first-order chi connectivity index (χ1) is 6.06. The zero-order chi connectivity index (χ0) is 9.90. The van der Waals surface area contributed by atoms with E-state index in [-0.39, 0.29) is 0 Å². The second kappa shape index (κ2) is 4.03. The van der Waals surface area contributed by atoms with Gasteiger partial charge < -0.3 is 0 Å². The van der Waals surface area contributed by atoms with Gasteiger partial charge in [-0.25, -0.2) is 0 Å². The van der Waals surface area contributed by atoms with Crippen molar-refractivity contribution >= 4 is 25.8 Å². The number of hydrogen-bond acceptors (Lipinski definition) is 2. The van der Waals surface area contributed by atoms with Crippen LogP contribution >= 0.6 is 15.9 Å². The highest BCUT2D eigenvalue weighted by atomic mass is 79.9. The van der Waals surface area contributed by atoms with E-state index >= 15 is 0 Å². The Morgan fingerprint density at radius 1 is 1.46 bits per heavy atom. The van der Waals surface area contributed by atoms with Crippen LogP contribution in [0.1, 0.15) is 0 Å². The highest BCUT2D eigenvalue weighted by molar-refractivity contribution is 9.10. The molecule has 0 aliphatic rings. The Kier molecular flexibility index (Phi) is 3.23. The molecule has 0 aliphatic heterocycles. The van der Waals surface area contributed by atoms with E-state index in [1.165, 1.54) is 0 Å². The largest absolute Gasteiger partial charge is 0.210 e. The van der Waals surface area contributed by atoms with Crippen molar-refractivity contribution < 1.29 is 0 Å². The summed E-state index contributed by atoms with van der Waals surface area (Å²) in [7, 11) is -1.59. The molecule has 0 radical (unpaired) electrons. The monoisotopic (exact) mass is 258 g/mol. The molecular weight excluding hydrogens is 248 g/mol. The maximum Gasteiger partial charge on any atom is 0.210 e. The maximum absolute atomic E-state index is 8.53. The van der Waals surface area contributed by atoms with E-state index in [1.54, 1.807) is 0 Å². The molecule has 0 saturated heterocycles. The van der Waals surface area contributed by atoms with Crippen molar-refractivity contribution in [3.05, 3.63) is 28.7 Å². The standard InChI is InChI=1S/C9H11BrN2S/c1-13(2,12-7-11)9-5-3-4-8(10)6-9/h3-6,13H,1-2H3. The molecule has 0 fully saturated rings. The summed E-state index contributed by atoms with van der Waals surface area (Å²) < 4.78 is 5.00. The third-order valence-corrected chi connectivity index (χ3v) is 4.36. The summed E-state index contributed by atoms with van der Waals surface area (Å²) in [6.07, 6.45) is 5.94. The molecule has 4 heteroatoms. The van der Waals surface area contributed by atoms with Gasteiger partial charge in [0.25, 0.3) is 0 Å². The van der Waals surface area contributed by atoms with Gasteiger partial charge in [-0.3, -0.25) is 0 Å². The van der Waals surface area contributed by atoms with Gasteiger partial charge in [0.05, 0.1) is 0 Å². The summed E-state index contributed by atoms with van der Waals surface area (Å²) in [4.78, 5) is 1.14. The van der Waals surface area contributed by atoms with Gasteiger partial charge in [0.2, 0.25) is 6.19 Å². The third-order valence-electron chi connectivity index (χ3n) is 1.73. The van der Waals surface area contributed by atoms with Crippen LogP contribution in [0.25, 0.3) is 0 Å². The summed E-state index contributed by atoms with van der Waals surface area (Å²) >= 11 is 3.40. The summed E-state index contributed by atoms with van der Waals surface area (Å²) in [6.45, 7) is 0. The zero-order valence-electron chi connectivity index (χ0n) is 7.53. The molecule has 70 valence electrons. The lowest BCUT2D eigenvalue weighted by Crippen LogP contribution is -2.05. The lowest BCUT2D eigenvalue weighted by atomic mass is 10.4. The minimum Gasteiger partial charge on any atom is -0.170 e. The summed E-state index contributed by atoms with van der Waals surface area (Å²) in [6, 6.07) is 7.97. The highest BCUT2D eigenvalue weighted by Crippen LogP contribution is 2.20. The van der Waals surface area contributed by atoms with Gasteiger partial charge in [-0.2, -0.15) is 19.4 Å². The Hall–Kier alpha value is -0.660. The molecule has 13 heavy (non-hydrogen) atoms. The molecule has 0 saturated carbocycles. The maximum atomic E-state index is 8.53. The average Bonchev–Trinajstić information content (AvgIpc) is 2.04. The molecule has 0 N–H and O–H groups in total. The molecule has 1 rings (SSSR count). The van der Waals surface area contributed by atoms with Crippen LogP contribution in [0.3, 0.4) is 0 Å². The quantitative estimate of drug-likeness (QED) is 0.610. The van der Waals surface area contributed by atoms with Crippen LogP contribution in [0, 0.1) is 11.5 Å². The fourth-order valence-electron chi connectivity index (χ4n) is 0.986. The van der Waals surface area contributed by atoms with Crippen molar-refractivity contribution in [3.8, 4) is 6.19 Å². The smallest absolute Gasteiger partial charge is 0.170 e. The average molecular weight is 259 g/mol. The summed E-state index contributed by atoms with van der Waals surface area (Å²) in [5, 5.41) is 8.53. The third kappa shape index (κ3) is 2.64. The number of benzene rings is 1. The Labute approximate surface area is 87.8 Å². The first kappa shape index (κ1) is 10.4. The first-order valence-corrected chi connectivity index (χ1v) is 7.20. The number of thiol groups is 1. The van der Waals surface area contributed by atoms with E-state index in [1.807, 2.05) is 43.0 Å². The highest BCUT2D eigenvalue weighted by Gasteiger charge is 2.03. The number of hydrogen-bond donors (Lipinski definition) is 1. The molecule has 0 heterocycles. The predicted octanol–water partition coefficient (Wildman–Crippen LogP) is 2.62.